The fourth-order valence-electron chi connectivity index (χ4n) is 3.69. The van der Waals surface area contributed by atoms with Crippen LogP contribution in [0.25, 0.3) is 6.08 Å². The van der Waals surface area contributed by atoms with E-state index in [1.54, 1.807) is 6.08 Å². The van der Waals surface area contributed by atoms with E-state index in [1.165, 1.54) is 31.4 Å². The van der Waals surface area contributed by atoms with Crippen LogP contribution in [0.15, 0.2) is 42.0 Å². The molecule has 0 saturated carbocycles. The number of anilines is 2. The molecule has 2 amide bonds. The summed E-state index contributed by atoms with van der Waals surface area (Å²) < 4.78 is 13.4. The second-order valence-electron chi connectivity index (χ2n) is 7.33. The van der Waals surface area contributed by atoms with Crippen LogP contribution in [-0.2, 0) is 9.59 Å². The molecular weight excluding hydrogens is 393 g/mol. The van der Waals surface area contributed by atoms with Gasteiger partial charge in [-0.25, -0.2) is 9.40 Å². The van der Waals surface area contributed by atoms with E-state index in [9.17, 15) is 14.0 Å². The van der Waals surface area contributed by atoms with Crippen molar-refractivity contribution in [1.82, 2.24) is 5.43 Å². The molecule has 0 atom stereocenters. The fourth-order valence-corrected chi connectivity index (χ4v) is 3.86. The van der Waals surface area contributed by atoms with E-state index in [1.807, 2.05) is 19.1 Å². The molecule has 2 aromatic rings. The van der Waals surface area contributed by atoms with Crippen molar-refractivity contribution in [2.24, 2.45) is 0 Å². The Morgan fingerprint density at radius 2 is 1.76 bits per heavy atom. The third-order valence-electron chi connectivity index (χ3n) is 5.33. The molecule has 2 fully saturated rings. The molecule has 0 aromatic heterocycles. The normalized spacial score (nSPS) is 18.5. The summed E-state index contributed by atoms with van der Waals surface area (Å²) in [5.74, 6) is -1.60. The average Bonchev–Trinajstić information content (AvgIpc) is 3.00. The number of nitrogens with one attached hydrogen (secondary N) is 1. The number of carbonyl (C=O) groups excluding carboxylic acids is 2. The number of hydrogen-bond donors (Lipinski definition) is 1. The summed E-state index contributed by atoms with van der Waals surface area (Å²) in [4.78, 5) is 27.5. The molecule has 2 aromatic carbocycles. The van der Waals surface area contributed by atoms with Gasteiger partial charge in [-0.05, 0) is 73.7 Å². The van der Waals surface area contributed by atoms with E-state index in [0.717, 1.165) is 41.0 Å². The Balaban J connectivity index is 1.59. The van der Waals surface area contributed by atoms with E-state index in [2.05, 4.69) is 16.4 Å². The lowest BCUT2D eigenvalue weighted by molar-refractivity contribution is -0.117. The van der Waals surface area contributed by atoms with Gasteiger partial charge in [-0.3, -0.25) is 15.0 Å². The lowest BCUT2D eigenvalue weighted by atomic mass is 10.0. The van der Waals surface area contributed by atoms with Crippen LogP contribution in [-0.4, -0.2) is 24.9 Å². The minimum atomic E-state index is -0.589. The summed E-state index contributed by atoms with van der Waals surface area (Å²) in [7, 11) is 0. The Morgan fingerprint density at radius 3 is 2.45 bits per heavy atom. The molecule has 0 radical (unpaired) electrons. The number of hydrazine groups is 1. The highest BCUT2D eigenvalue weighted by Gasteiger charge is 2.34. The van der Waals surface area contributed by atoms with E-state index >= 15 is 0 Å². The Morgan fingerprint density at radius 1 is 1.03 bits per heavy atom. The maximum Gasteiger partial charge on any atom is 0.282 e. The van der Waals surface area contributed by atoms with Gasteiger partial charge in [0.15, 0.2) is 0 Å². The highest BCUT2D eigenvalue weighted by Crippen LogP contribution is 2.28. The molecule has 0 bridgehead atoms. The Labute approximate surface area is 173 Å². The van der Waals surface area contributed by atoms with Gasteiger partial charge in [-0.2, -0.15) is 0 Å². The molecule has 150 valence electrons. The molecular formula is C22H21ClFN3O2. The maximum absolute atomic E-state index is 13.4. The molecule has 7 heteroatoms. The fraction of sp³-hybridized carbons (Fsp3) is 0.273. The molecule has 5 nitrogen and oxygen atoms in total. The van der Waals surface area contributed by atoms with E-state index < -0.39 is 17.6 Å². The van der Waals surface area contributed by atoms with Crippen LogP contribution >= 0.6 is 11.6 Å². The van der Waals surface area contributed by atoms with Crippen LogP contribution in [0, 0.1) is 12.7 Å². The number of rotatable bonds is 3. The summed E-state index contributed by atoms with van der Waals surface area (Å²) in [5, 5.41) is 0.961. The standard InChI is InChI=1S/C22H21ClFN3O2/c1-14-11-16(26-9-3-2-4-10-26)6-5-15(14)12-18-21(28)25-27(22(18)29)17-7-8-20(24)19(23)13-17/h5-8,11-13H,2-4,9-10H2,1H3,(H,25,28)/b18-12+. The second-order valence-corrected chi connectivity index (χ2v) is 7.73. The van der Waals surface area contributed by atoms with Crippen molar-refractivity contribution in [3.05, 3.63) is 63.9 Å². The van der Waals surface area contributed by atoms with Gasteiger partial charge in [0.05, 0.1) is 10.7 Å². The molecule has 0 unspecified atom stereocenters. The van der Waals surface area contributed by atoms with Crippen molar-refractivity contribution in [3.8, 4) is 0 Å². The first-order valence-corrected chi connectivity index (χ1v) is 9.99. The lowest BCUT2D eigenvalue weighted by Gasteiger charge is -2.29. The first-order chi connectivity index (χ1) is 13.9. The summed E-state index contributed by atoms with van der Waals surface area (Å²) in [6.07, 6.45) is 5.26. The SMILES string of the molecule is Cc1cc(N2CCCCC2)ccc1/C=C1\C(=O)NN(c2ccc(F)c(Cl)c2)C1=O. The number of piperidine rings is 1. The smallest absolute Gasteiger partial charge is 0.282 e. The molecule has 2 saturated heterocycles. The molecule has 2 heterocycles. The Kier molecular flexibility index (Phi) is 5.28. The van der Waals surface area contributed by atoms with Crippen LogP contribution in [0.1, 0.15) is 30.4 Å². The largest absolute Gasteiger partial charge is 0.372 e. The number of amides is 2. The van der Waals surface area contributed by atoms with Crippen LogP contribution in [0.5, 0.6) is 0 Å². The lowest BCUT2D eigenvalue weighted by Crippen LogP contribution is -2.35. The van der Waals surface area contributed by atoms with E-state index in [0.29, 0.717) is 5.69 Å². The van der Waals surface area contributed by atoms with Crippen molar-refractivity contribution < 1.29 is 14.0 Å². The van der Waals surface area contributed by atoms with Gasteiger partial charge in [0.1, 0.15) is 11.4 Å². The van der Waals surface area contributed by atoms with Crippen LogP contribution in [0.4, 0.5) is 15.8 Å². The van der Waals surface area contributed by atoms with Crippen molar-refractivity contribution in [1.29, 1.82) is 0 Å². The van der Waals surface area contributed by atoms with Crippen molar-refractivity contribution in [3.63, 3.8) is 0 Å². The predicted octanol–water partition coefficient (Wildman–Crippen LogP) is 4.24. The van der Waals surface area contributed by atoms with Gasteiger partial charge < -0.3 is 4.90 Å². The monoisotopic (exact) mass is 413 g/mol. The molecule has 4 rings (SSSR count). The summed E-state index contributed by atoms with van der Waals surface area (Å²) in [6.45, 7) is 4.07. The third kappa shape index (κ3) is 3.85. The van der Waals surface area contributed by atoms with Crippen LogP contribution in [0.2, 0.25) is 5.02 Å². The summed E-state index contributed by atoms with van der Waals surface area (Å²) in [6, 6.07) is 9.90. The third-order valence-corrected chi connectivity index (χ3v) is 5.62. The first-order valence-electron chi connectivity index (χ1n) is 9.62. The number of carbonyl (C=O) groups is 2. The van der Waals surface area contributed by atoms with Crippen LogP contribution in [0.3, 0.4) is 0 Å². The van der Waals surface area contributed by atoms with Gasteiger partial charge >= 0.3 is 0 Å². The summed E-state index contributed by atoms with van der Waals surface area (Å²) in [5.41, 5.74) is 5.80. The van der Waals surface area contributed by atoms with Crippen molar-refractivity contribution in [2.75, 3.05) is 23.0 Å². The zero-order valence-corrected chi connectivity index (χ0v) is 16.8. The molecule has 2 aliphatic rings. The molecule has 0 spiro atoms. The topological polar surface area (TPSA) is 52.7 Å². The Hall–Kier alpha value is -2.86. The first kappa shape index (κ1) is 19.5. The van der Waals surface area contributed by atoms with Crippen molar-refractivity contribution >= 4 is 40.9 Å². The highest BCUT2D eigenvalue weighted by atomic mass is 35.5. The molecule has 2 aliphatic heterocycles. The number of benzene rings is 2. The van der Waals surface area contributed by atoms with Gasteiger partial charge in [0.2, 0.25) is 0 Å². The Bertz CT molecular complexity index is 1020. The summed E-state index contributed by atoms with van der Waals surface area (Å²) >= 11 is 5.80. The van der Waals surface area contributed by atoms with Crippen LogP contribution < -0.4 is 15.3 Å². The maximum atomic E-state index is 13.4. The van der Waals surface area contributed by atoms with E-state index in [4.69, 9.17) is 11.6 Å². The zero-order chi connectivity index (χ0) is 20.5. The van der Waals surface area contributed by atoms with Gasteiger partial charge in [0, 0.05) is 18.8 Å². The number of hydrogen-bond acceptors (Lipinski definition) is 3. The number of nitrogens with zero attached hydrogens (tertiary/aromatic N) is 2. The number of aryl methyl sites for hydroxylation is 1. The molecule has 29 heavy (non-hydrogen) atoms. The number of halogens is 2. The minimum absolute atomic E-state index is 0.0271. The molecule has 1 N–H and O–H groups in total. The zero-order valence-electron chi connectivity index (χ0n) is 16.0. The predicted molar refractivity (Wildman–Crippen MR) is 112 cm³/mol. The highest BCUT2D eigenvalue weighted by molar-refractivity contribution is 6.33. The van der Waals surface area contributed by atoms with Gasteiger partial charge in [-0.1, -0.05) is 17.7 Å². The molecule has 0 aliphatic carbocycles. The quantitative estimate of drug-likeness (QED) is 0.605. The van der Waals surface area contributed by atoms with Gasteiger partial charge in [-0.15, -0.1) is 0 Å². The van der Waals surface area contributed by atoms with E-state index in [-0.39, 0.29) is 10.6 Å². The average molecular weight is 414 g/mol. The van der Waals surface area contributed by atoms with Crippen molar-refractivity contribution in [2.45, 2.75) is 26.2 Å². The van der Waals surface area contributed by atoms with Gasteiger partial charge in [0.25, 0.3) is 11.8 Å². The minimum Gasteiger partial charge on any atom is -0.372 e. The second kappa shape index (κ2) is 7.87.